The van der Waals surface area contributed by atoms with Crippen molar-refractivity contribution >= 4 is 17.5 Å². The second-order valence-corrected chi connectivity index (χ2v) is 3.86. The molecule has 0 radical (unpaired) electrons. The second kappa shape index (κ2) is 5.43. The summed E-state index contributed by atoms with van der Waals surface area (Å²) in [7, 11) is 1.28. The highest BCUT2D eigenvalue weighted by Gasteiger charge is 2.08. The minimum Gasteiger partial charge on any atom is -0.464 e. The fourth-order valence-electron chi connectivity index (χ4n) is 1.51. The zero-order valence-corrected chi connectivity index (χ0v) is 10.5. The first-order valence-electron chi connectivity index (χ1n) is 5.53. The molecule has 2 rings (SSSR count). The normalized spacial score (nSPS) is 10.1. The number of ether oxygens (including phenoxy) is 1. The van der Waals surface area contributed by atoms with Crippen molar-refractivity contribution in [1.29, 1.82) is 0 Å². The van der Waals surface area contributed by atoms with E-state index in [4.69, 9.17) is 0 Å². The first-order chi connectivity index (χ1) is 9.10. The number of nitrogens with one attached hydrogen (secondary N) is 1. The fraction of sp³-hybridized carbons (Fsp3) is 0.154. The van der Waals surface area contributed by atoms with Gasteiger partial charge in [0, 0.05) is 5.69 Å². The number of benzene rings is 1. The molecule has 0 saturated heterocycles. The van der Waals surface area contributed by atoms with Gasteiger partial charge in [-0.2, -0.15) is 0 Å². The average molecular weight is 261 g/mol. The van der Waals surface area contributed by atoms with Crippen LogP contribution in [0.15, 0.2) is 30.6 Å². The molecule has 1 heterocycles. The van der Waals surface area contributed by atoms with E-state index in [0.717, 1.165) is 11.3 Å². The lowest BCUT2D eigenvalue weighted by Gasteiger charge is -2.08. The second-order valence-electron chi connectivity index (χ2n) is 3.86. The van der Waals surface area contributed by atoms with Crippen LogP contribution < -0.4 is 5.32 Å². The molecule has 0 saturated carbocycles. The number of aromatic nitrogens is 2. The molecule has 0 bridgehead atoms. The smallest absolute Gasteiger partial charge is 0.358 e. The molecule has 6 heteroatoms. The lowest BCUT2D eigenvalue weighted by molar-refractivity contribution is 0.0593. The number of carbonyl (C=O) groups excluding carboxylic acids is 1. The summed E-state index contributed by atoms with van der Waals surface area (Å²) in [6, 6.07) is 4.38. The third-order valence-corrected chi connectivity index (χ3v) is 2.50. The number of anilines is 2. The molecule has 19 heavy (non-hydrogen) atoms. The van der Waals surface area contributed by atoms with Gasteiger partial charge in [-0.25, -0.2) is 19.2 Å². The third-order valence-electron chi connectivity index (χ3n) is 2.50. The Kier molecular flexibility index (Phi) is 3.70. The number of hydrogen-bond donors (Lipinski definition) is 1. The number of carbonyl (C=O) groups is 1. The molecule has 0 fully saturated rings. The summed E-state index contributed by atoms with van der Waals surface area (Å²) < 4.78 is 17.5. The Morgan fingerprint density at radius 2 is 2.11 bits per heavy atom. The van der Waals surface area contributed by atoms with E-state index >= 15 is 0 Å². The first-order valence-corrected chi connectivity index (χ1v) is 5.53. The van der Waals surface area contributed by atoms with Gasteiger partial charge in [-0.05, 0) is 30.7 Å². The number of aryl methyl sites for hydroxylation is 1. The maximum atomic E-state index is 13.0. The maximum absolute atomic E-state index is 13.0. The molecule has 0 amide bonds. The van der Waals surface area contributed by atoms with Crippen LogP contribution in [0.4, 0.5) is 15.9 Å². The van der Waals surface area contributed by atoms with Crippen LogP contribution in [-0.4, -0.2) is 23.0 Å². The van der Waals surface area contributed by atoms with Gasteiger partial charge in [0.25, 0.3) is 0 Å². The van der Waals surface area contributed by atoms with Gasteiger partial charge in [-0.1, -0.05) is 0 Å². The van der Waals surface area contributed by atoms with Gasteiger partial charge >= 0.3 is 5.97 Å². The Morgan fingerprint density at radius 1 is 1.32 bits per heavy atom. The van der Waals surface area contributed by atoms with E-state index in [2.05, 4.69) is 20.0 Å². The standard InChI is InChI=1S/C13H12FN3O2/c1-8-5-9(14)3-4-10(8)17-12-7-15-11(6-16-12)13(18)19-2/h3-7H,1-2H3,(H,16,17). The van der Waals surface area contributed by atoms with Gasteiger partial charge in [-0.3, -0.25) is 0 Å². The van der Waals surface area contributed by atoms with Crippen LogP contribution in [0, 0.1) is 12.7 Å². The van der Waals surface area contributed by atoms with Crippen LogP contribution in [0.3, 0.4) is 0 Å². The molecule has 0 aliphatic rings. The predicted molar refractivity (Wildman–Crippen MR) is 67.8 cm³/mol. The summed E-state index contributed by atoms with van der Waals surface area (Å²) in [6.45, 7) is 1.78. The SMILES string of the molecule is COC(=O)c1cnc(Nc2ccc(F)cc2C)cn1. The molecule has 0 atom stereocenters. The van der Waals surface area contributed by atoms with Crippen LogP contribution in [0.2, 0.25) is 0 Å². The molecule has 1 aromatic heterocycles. The maximum Gasteiger partial charge on any atom is 0.358 e. The van der Waals surface area contributed by atoms with Crippen molar-refractivity contribution < 1.29 is 13.9 Å². The Morgan fingerprint density at radius 3 is 2.68 bits per heavy atom. The Bertz CT molecular complexity index is 599. The minimum atomic E-state index is -0.544. The molecule has 98 valence electrons. The zero-order valence-electron chi connectivity index (χ0n) is 10.5. The van der Waals surface area contributed by atoms with Gasteiger partial charge in [0.2, 0.25) is 0 Å². The van der Waals surface area contributed by atoms with Crippen molar-refractivity contribution in [2.75, 3.05) is 12.4 Å². The Hall–Kier alpha value is -2.50. The molecule has 2 aromatic rings. The van der Waals surface area contributed by atoms with Crippen LogP contribution >= 0.6 is 0 Å². The zero-order chi connectivity index (χ0) is 13.8. The average Bonchev–Trinajstić information content (AvgIpc) is 2.42. The van der Waals surface area contributed by atoms with E-state index in [1.807, 2.05) is 0 Å². The first kappa shape index (κ1) is 12.9. The summed E-state index contributed by atoms with van der Waals surface area (Å²) in [6.07, 6.45) is 2.72. The predicted octanol–water partition coefficient (Wildman–Crippen LogP) is 2.45. The number of nitrogens with zero attached hydrogens (tertiary/aromatic N) is 2. The van der Waals surface area contributed by atoms with Gasteiger partial charge < -0.3 is 10.1 Å². The molecule has 5 nitrogen and oxygen atoms in total. The lowest BCUT2D eigenvalue weighted by Crippen LogP contribution is -2.06. The van der Waals surface area contributed by atoms with Crippen molar-refractivity contribution in [2.24, 2.45) is 0 Å². The molecule has 0 spiro atoms. The molecule has 1 aromatic carbocycles. The van der Waals surface area contributed by atoms with Crippen molar-refractivity contribution in [1.82, 2.24) is 9.97 Å². The van der Waals surface area contributed by atoms with E-state index in [1.165, 1.54) is 31.6 Å². The fourth-order valence-corrected chi connectivity index (χ4v) is 1.51. The van der Waals surface area contributed by atoms with Crippen LogP contribution in [0.25, 0.3) is 0 Å². The summed E-state index contributed by atoms with van der Waals surface area (Å²) in [4.78, 5) is 19.1. The number of methoxy groups -OCH3 is 1. The summed E-state index contributed by atoms with van der Waals surface area (Å²) >= 11 is 0. The minimum absolute atomic E-state index is 0.129. The van der Waals surface area contributed by atoms with E-state index in [-0.39, 0.29) is 11.5 Å². The third kappa shape index (κ3) is 3.04. The quantitative estimate of drug-likeness (QED) is 0.860. The Labute approximate surface area is 109 Å². The number of halogens is 1. The molecule has 0 aliphatic carbocycles. The van der Waals surface area contributed by atoms with Gasteiger partial charge in [0.1, 0.15) is 11.6 Å². The van der Waals surface area contributed by atoms with E-state index < -0.39 is 5.97 Å². The molecular formula is C13H12FN3O2. The van der Waals surface area contributed by atoms with E-state index in [0.29, 0.717) is 5.82 Å². The largest absolute Gasteiger partial charge is 0.464 e. The lowest BCUT2D eigenvalue weighted by atomic mass is 10.2. The van der Waals surface area contributed by atoms with Crippen LogP contribution in [0.1, 0.15) is 16.1 Å². The number of rotatable bonds is 3. The topological polar surface area (TPSA) is 64.1 Å². The van der Waals surface area contributed by atoms with E-state index in [1.54, 1.807) is 13.0 Å². The van der Waals surface area contributed by atoms with Crippen molar-refractivity contribution in [3.05, 3.63) is 47.7 Å². The van der Waals surface area contributed by atoms with Gasteiger partial charge in [0.15, 0.2) is 5.69 Å². The highest BCUT2D eigenvalue weighted by molar-refractivity contribution is 5.86. The van der Waals surface area contributed by atoms with Crippen molar-refractivity contribution in [2.45, 2.75) is 6.92 Å². The van der Waals surface area contributed by atoms with Crippen LogP contribution in [-0.2, 0) is 4.74 Å². The van der Waals surface area contributed by atoms with Gasteiger partial charge in [-0.15, -0.1) is 0 Å². The van der Waals surface area contributed by atoms with E-state index in [9.17, 15) is 9.18 Å². The highest BCUT2D eigenvalue weighted by Crippen LogP contribution is 2.19. The molecule has 0 unspecified atom stereocenters. The monoisotopic (exact) mass is 261 g/mol. The molecule has 1 N–H and O–H groups in total. The number of hydrogen-bond acceptors (Lipinski definition) is 5. The summed E-state index contributed by atoms with van der Waals surface area (Å²) in [5, 5.41) is 2.99. The van der Waals surface area contributed by atoms with Crippen molar-refractivity contribution in [3.63, 3.8) is 0 Å². The van der Waals surface area contributed by atoms with Gasteiger partial charge in [0.05, 0.1) is 19.5 Å². The van der Waals surface area contributed by atoms with Crippen molar-refractivity contribution in [3.8, 4) is 0 Å². The summed E-state index contributed by atoms with van der Waals surface area (Å²) in [5.41, 5.74) is 1.60. The molecule has 0 aliphatic heterocycles. The number of esters is 1. The highest BCUT2D eigenvalue weighted by atomic mass is 19.1. The Balaban J connectivity index is 2.17. The van der Waals surface area contributed by atoms with Crippen LogP contribution in [0.5, 0.6) is 0 Å². The summed E-state index contributed by atoms with van der Waals surface area (Å²) in [5.74, 6) is -0.380. The molecular weight excluding hydrogens is 249 g/mol.